The Bertz CT molecular complexity index is 721. The molecule has 1 aliphatic heterocycles. The monoisotopic (exact) mass is 397 g/mol. The van der Waals surface area contributed by atoms with Crippen molar-refractivity contribution in [1.29, 1.82) is 0 Å². The molecule has 1 saturated heterocycles. The van der Waals surface area contributed by atoms with Gasteiger partial charge in [-0.2, -0.15) is 0 Å². The zero-order valence-corrected chi connectivity index (χ0v) is 16.4. The maximum Gasteiger partial charge on any atom is 0.255 e. The van der Waals surface area contributed by atoms with E-state index in [0.29, 0.717) is 18.1 Å². The Morgan fingerprint density at radius 1 is 1.38 bits per heavy atom. The van der Waals surface area contributed by atoms with Gasteiger partial charge in [0.15, 0.2) is 5.13 Å². The SMILES string of the molecule is CC(C)Oc1ccc(-c2csc(NC(=O)[C@@H]3CC[C@H](CN)O3)n2)cc1.Cl. The molecular formula is C18H24ClN3O3S. The van der Waals surface area contributed by atoms with E-state index in [4.69, 9.17) is 15.2 Å². The lowest BCUT2D eigenvalue weighted by Gasteiger charge is -2.11. The first-order valence-electron chi connectivity index (χ1n) is 8.44. The summed E-state index contributed by atoms with van der Waals surface area (Å²) in [5, 5.41) is 5.33. The van der Waals surface area contributed by atoms with Crippen molar-refractivity contribution in [2.75, 3.05) is 11.9 Å². The second-order valence-corrected chi connectivity index (χ2v) is 7.14. The van der Waals surface area contributed by atoms with E-state index in [1.807, 2.05) is 43.5 Å². The van der Waals surface area contributed by atoms with Crippen LogP contribution in [0.3, 0.4) is 0 Å². The van der Waals surface area contributed by atoms with Gasteiger partial charge < -0.3 is 15.2 Å². The number of aromatic nitrogens is 1. The third-order valence-corrected chi connectivity index (χ3v) is 4.68. The number of nitrogens with zero attached hydrogens (tertiary/aromatic N) is 1. The van der Waals surface area contributed by atoms with E-state index in [1.165, 1.54) is 11.3 Å². The fourth-order valence-corrected chi connectivity index (χ4v) is 3.42. The second kappa shape index (κ2) is 9.32. The zero-order valence-electron chi connectivity index (χ0n) is 14.8. The summed E-state index contributed by atoms with van der Waals surface area (Å²) in [7, 11) is 0. The predicted molar refractivity (Wildman–Crippen MR) is 106 cm³/mol. The lowest BCUT2D eigenvalue weighted by molar-refractivity contribution is -0.126. The largest absolute Gasteiger partial charge is 0.491 e. The maximum absolute atomic E-state index is 12.2. The number of amides is 1. The number of nitrogens with two attached hydrogens (primary N) is 1. The van der Waals surface area contributed by atoms with E-state index in [-0.39, 0.29) is 30.5 Å². The van der Waals surface area contributed by atoms with E-state index < -0.39 is 6.10 Å². The summed E-state index contributed by atoms with van der Waals surface area (Å²) in [6.07, 6.45) is 1.21. The molecule has 3 rings (SSSR count). The lowest BCUT2D eigenvalue weighted by atomic mass is 10.2. The Hall–Kier alpha value is -1.67. The quantitative estimate of drug-likeness (QED) is 0.779. The molecule has 1 aromatic carbocycles. The molecule has 142 valence electrons. The Morgan fingerprint density at radius 3 is 2.73 bits per heavy atom. The molecule has 2 atom stereocenters. The number of halogens is 1. The van der Waals surface area contributed by atoms with Crippen molar-refractivity contribution in [3.63, 3.8) is 0 Å². The van der Waals surface area contributed by atoms with Gasteiger partial charge >= 0.3 is 0 Å². The van der Waals surface area contributed by atoms with Crippen molar-refractivity contribution < 1.29 is 14.3 Å². The first-order chi connectivity index (χ1) is 12.0. The minimum Gasteiger partial charge on any atom is -0.491 e. The van der Waals surface area contributed by atoms with E-state index >= 15 is 0 Å². The summed E-state index contributed by atoms with van der Waals surface area (Å²) < 4.78 is 11.2. The minimum atomic E-state index is -0.437. The Kier molecular flexibility index (Phi) is 7.40. The number of carbonyl (C=O) groups is 1. The molecule has 1 fully saturated rings. The summed E-state index contributed by atoms with van der Waals surface area (Å²) in [5.74, 6) is 0.674. The molecule has 6 nitrogen and oxygen atoms in total. The van der Waals surface area contributed by atoms with Crippen LogP contribution in [0.2, 0.25) is 0 Å². The molecule has 1 aliphatic rings. The van der Waals surface area contributed by atoms with Crippen molar-refractivity contribution in [1.82, 2.24) is 4.98 Å². The summed E-state index contributed by atoms with van der Waals surface area (Å²) in [5.41, 5.74) is 7.38. The molecule has 8 heteroatoms. The fraction of sp³-hybridized carbons (Fsp3) is 0.444. The van der Waals surface area contributed by atoms with Crippen molar-refractivity contribution in [3.8, 4) is 17.0 Å². The Morgan fingerprint density at radius 2 is 2.12 bits per heavy atom. The number of thiazole rings is 1. The Labute approximate surface area is 163 Å². The van der Waals surface area contributed by atoms with Crippen molar-refractivity contribution in [2.45, 2.75) is 45.0 Å². The van der Waals surface area contributed by atoms with E-state index in [1.54, 1.807) is 0 Å². The number of benzene rings is 1. The molecule has 0 unspecified atom stereocenters. The highest BCUT2D eigenvalue weighted by Gasteiger charge is 2.30. The molecule has 0 saturated carbocycles. The number of hydrogen-bond acceptors (Lipinski definition) is 6. The number of carbonyl (C=O) groups excluding carboxylic acids is 1. The molecule has 0 spiro atoms. The molecule has 1 amide bonds. The van der Waals surface area contributed by atoms with Gasteiger partial charge in [-0.15, -0.1) is 23.7 Å². The standard InChI is InChI=1S/C18H23N3O3S.ClH/c1-11(2)23-13-5-3-12(4-6-13)15-10-25-18(20-15)21-17(22)16-8-7-14(9-19)24-16;/h3-6,10-11,14,16H,7-9,19H2,1-2H3,(H,20,21,22);1H/t14-,16+;/m1./s1. The third-order valence-electron chi connectivity index (χ3n) is 3.92. The number of ether oxygens (including phenoxy) is 2. The van der Waals surface area contributed by atoms with Crippen LogP contribution < -0.4 is 15.8 Å². The van der Waals surface area contributed by atoms with Gasteiger partial charge in [0, 0.05) is 17.5 Å². The highest BCUT2D eigenvalue weighted by Crippen LogP contribution is 2.27. The van der Waals surface area contributed by atoms with E-state index in [2.05, 4.69) is 10.3 Å². The molecule has 2 aromatic rings. The number of rotatable bonds is 6. The molecule has 1 aromatic heterocycles. The average molecular weight is 398 g/mol. The van der Waals surface area contributed by atoms with Crippen LogP contribution in [-0.4, -0.2) is 35.7 Å². The first-order valence-corrected chi connectivity index (χ1v) is 9.32. The smallest absolute Gasteiger partial charge is 0.255 e. The van der Waals surface area contributed by atoms with Crippen molar-refractivity contribution in [2.24, 2.45) is 5.73 Å². The predicted octanol–water partition coefficient (Wildman–Crippen LogP) is 3.46. The van der Waals surface area contributed by atoms with Gasteiger partial charge in [-0.25, -0.2) is 4.98 Å². The van der Waals surface area contributed by atoms with Crippen molar-refractivity contribution >= 4 is 34.8 Å². The van der Waals surface area contributed by atoms with Gasteiger partial charge in [0.05, 0.1) is 17.9 Å². The minimum absolute atomic E-state index is 0. The number of nitrogens with one attached hydrogen (secondary N) is 1. The summed E-state index contributed by atoms with van der Waals surface area (Å²) in [6.45, 7) is 4.43. The van der Waals surface area contributed by atoms with Crippen LogP contribution in [0.4, 0.5) is 5.13 Å². The molecule has 2 heterocycles. The number of anilines is 1. The van der Waals surface area contributed by atoms with Gasteiger partial charge in [-0.05, 0) is 51.0 Å². The normalized spacial score (nSPS) is 19.2. The highest BCUT2D eigenvalue weighted by atomic mass is 35.5. The van der Waals surface area contributed by atoms with E-state index in [0.717, 1.165) is 23.4 Å². The van der Waals surface area contributed by atoms with Gasteiger partial charge in [-0.1, -0.05) is 0 Å². The van der Waals surface area contributed by atoms with Crippen LogP contribution >= 0.6 is 23.7 Å². The fourth-order valence-electron chi connectivity index (χ4n) is 2.70. The van der Waals surface area contributed by atoms with Gasteiger partial charge in [0.25, 0.3) is 5.91 Å². The average Bonchev–Trinajstić information content (AvgIpc) is 3.24. The van der Waals surface area contributed by atoms with Crippen LogP contribution in [0, 0.1) is 0 Å². The molecule has 0 radical (unpaired) electrons. The highest BCUT2D eigenvalue weighted by molar-refractivity contribution is 7.14. The maximum atomic E-state index is 12.2. The van der Waals surface area contributed by atoms with Gasteiger partial charge in [0.2, 0.25) is 0 Å². The summed E-state index contributed by atoms with van der Waals surface area (Å²) in [4.78, 5) is 16.7. The molecule has 3 N–H and O–H groups in total. The van der Waals surface area contributed by atoms with Gasteiger partial charge in [-0.3, -0.25) is 10.1 Å². The van der Waals surface area contributed by atoms with Crippen LogP contribution in [-0.2, 0) is 9.53 Å². The van der Waals surface area contributed by atoms with Crippen molar-refractivity contribution in [3.05, 3.63) is 29.6 Å². The zero-order chi connectivity index (χ0) is 17.8. The molecule has 0 aliphatic carbocycles. The molecular weight excluding hydrogens is 374 g/mol. The van der Waals surface area contributed by atoms with Crippen LogP contribution in [0.1, 0.15) is 26.7 Å². The molecule has 0 bridgehead atoms. The lowest BCUT2D eigenvalue weighted by Crippen LogP contribution is -2.29. The third kappa shape index (κ3) is 5.17. The first kappa shape index (κ1) is 20.6. The second-order valence-electron chi connectivity index (χ2n) is 6.28. The molecule has 26 heavy (non-hydrogen) atoms. The summed E-state index contributed by atoms with van der Waals surface area (Å²) in [6, 6.07) is 7.77. The topological polar surface area (TPSA) is 86.5 Å². The number of hydrogen-bond donors (Lipinski definition) is 2. The Balaban J connectivity index is 0.00000243. The van der Waals surface area contributed by atoms with Gasteiger partial charge in [0.1, 0.15) is 11.9 Å². The van der Waals surface area contributed by atoms with Crippen LogP contribution in [0.5, 0.6) is 5.75 Å². The van der Waals surface area contributed by atoms with Crippen LogP contribution in [0.25, 0.3) is 11.3 Å². The summed E-state index contributed by atoms with van der Waals surface area (Å²) >= 11 is 1.40. The van der Waals surface area contributed by atoms with Crippen LogP contribution in [0.15, 0.2) is 29.6 Å². The van der Waals surface area contributed by atoms with E-state index in [9.17, 15) is 4.79 Å².